The third kappa shape index (κ3) is 4.94. The van der Waals surface area contributed by atoms with E-state index >= 15 is 0 Å². The Morgan fingerprint density at radius 3 is 2.74 bits per heavy atom. The van der Waals surface area contributed by atoms with Gasteiger partial charge in [-0.25, -0.2) is 5.43 Å². The van der Waals surface area contributed by atoms with E-state index in [0.717, 1.165) is 5.69 Å². The minimum Gasteiger partial charge on any atom is -0.616 e. The van der Waals surface area contributed by atoms with Crippen molar-refractivity contribution in [3.63, 3.8) is 0 Å². The first-order valence-corrected chi connectivity index (χ1v) is 10.3. The molecule has 2 aromatic rings. The monoisotopic (exact) mass is 405 g/mol. The van der Waals surface area contributed by atoms with Gasteiger partial charge < -0.3 is 14.6 Å². The molecule has 1 saturated heterocycles. The number of amides is 1. The number of phenolic OH excluding ortho intramolecular Hbond substituents is 1. The van der Waals surface area contributed by atoms with Gasteiger partial charge in [0.15, 0.2) is 0 Å². The predicted octanol–water partition coefficient (Wildman–Crippen LogP) is 2.77. The minimum atomic E-state index is -0.748. The summed E-state index contributed by atoms with van der Waals surface area (Å²) in [6.45, 7) is 3.10. The van der Waals surface area contributed by atoms with E-state index in [9.17, 15) is 14.5 Å². The molecule has 27 heavy (non-hydrogen) atoms. The number of carbonyl (C=O) groups is 1. The van der Waals surface area contributed by atoms with Gasteiger partial charge in [-0.05, 0) is 43.3 Å². The Bertz CT molecular complexity index is 867. The summed E-state index contributed by atoms with van der Waals surface area (Å²) in [5.74, 6) is 0.976. The summed E-state index contributed by atoms with van der Waals surface area (Å²) >= 11 is 5.19. The molecule has 1 aliphatic heterocycles. The second kappa shape index (κ2) is 8.65. The molecule has 2 N–H and O–H groups in total. The molecular formula is C19H20ClN3O3S. The smallest absolute Gasteiger partial charge is 0.271 e. The summed E-state index contributed by atoms with van der Waals surface area (Å²) in [6, 6.07) is 11.9. The topological polar surface area (TPSA) is 88.0 Å². The van der Waals surface area contributed by atoms with Crippen molar-refractivity contribution in [1.29, 1.82) is 0 Å². The minimum absolute atomic E-state index is 0.0411. The second-order valence-electron chi connectivity index (χ2n) is 6.19. The largest absolute Gasteiger partial charge is 0.616 e. The molecule has 142 valence electrons. The van der Waals surface area contributed by atoms with Gasteiger partial charge in [0.05, 0.1) is 18.8 Å². The third-order valence-corrected chi connectivity index (χ3v) is 5.84. The Morgan fingerprint density at radius 1 is 1.26 bits per heavy atom. The summed E-state index contributed by atoms with van der Waals surface area (Å²) in [6.07, 6.45) is 0. The molecular weight excluding hydrogens is 386 g/mol. The number of halogens is 1. The van der Waals surface area contributed by atoms with Gasteiger partial charge in [-0.1, -0.05) is 28.8 Å². The lowest BCUT2D eigenvalue weighted by molar-refractivity contribution is 0.0955. The number of carbonyl (C=O) groups excluding carboxylic acids is 1. The van der Waals surface area contributed by atoms with Gasteiger partial charge in [-0.2, -0.15) is 5.10 Å². The van der Waals surface area contributed by atoms with Crippen molar-refractivity contribution >= 4 is 40.1 Å². The molecule has 3 rings (SSSR count). The molecule has 0 bridgehead atoms. The van der Waals surface area contributed by atoms with Crippen LogP contribution in [-0.2, 0) is 11.2 Å². The highest BCUT2D eigenvalue weighted by Gasteiger charge is 2.20. The molecule has 1 aliphatic rings. The van der Waals surface area contributed by atoms with E-state index in [4.69, 9.17) is 11.6 Å². The van der Waals surface area contributed by atoms with Gasteiger partial charge >= 0.3 is 0 Å². The van der Waals surface area contributed by atoms with Gasteiger partial charge in [0, 0.05) is 21.8 Å². The van der Waals surface area contributed by atoms with Crippen molar-refractivity contribution in [1.82, 2.24) is 5.43 Å². The fourth-order valence-corrected chi connectivity index (χ4v) is 4.02. The number of nitrogens with zero attached hydrogens (tertiary/aromatic N) is 2. The number of nitrogens with one attached hydrogen (secondary N) is 1. The predicted molar refractivity (Wildman–Crippen MR) is 109 cm³/mol. The number of hydrazone groups is 1. The zero-order chi connectivity index (χ0) is 19.4. The van der Waals surface area contributed by atoms with Crippen molar-refractivity contribution in [3.05, 3.63) is 58.6 Å². The van der Waals surface area contributed by atoms with Crippen molar-refractivity contribution in [2.75, 3.05) is 29.5 Å². The van der Waals surface area contributed by atoms with Crippen LogP contribution >= 0.6 is 11.6 Å². The number of aromatic hydroxyl groups is 1. The number of rotatable bonds is 4. The Hall–Kier alpha value is -2.22. The average Bonchev–Trinajstić information content (AvgIpc) is 2.68. The van der Waals surface area contributed by atoms with E-state index in [0.29, 0.717) is 46.5 Å². The van der Waals surface area contributed by atoms with Crippen LogP contribution in [0.15, 0.2) is 47.6 Å². The van der Waals surface area contributed by atoms with Crippen LogP contribution in [0.2, 0.25) is 5.02 Å². The maximum atomic E-state index is 12.4. The normalized spacial score (nSPS) is 15.7. The molecule has 6 nitrogen and oxygen atoms in total. The maximum absolute atomic E-state index is 12.4. The number of hydrogen-bond donors (Lipinski definition) is 2. The lowest BCUT2D eigenvalue weighted by Gasteiger charge is -2.30. The molecule has 0 unspecified atom stereocenters. The van der Waals surface area contributed by atoms with E-state index in [-0.39, 0.29) is 11.7 Å². The first-order chi connectivity index (χ1) is 12.9. The summed E-state index contributed by atoms with van der Waals surface area (Å²) in [4.78, 5) is 14.6. The number of anilines is 1. The molecule has 0 atom stereocenters. The van der Waals surface area contributed by atoms with E-state index in [2.05, 4.69) is 15.4 Å². The van der Waals surface area contributed by atoms with Crippen LogP contribution in [0.25, 0.3) is 0 Å². The van der Waals surface area contributed by atoms with Crippen LogP contribution in [0.3, 0.4) is 0 Å². The van der Waals surface area contributed by atoms with E-state index in [1.807, 2.05) is 12.1 Å². The van der Waals surface area contributed by atoms with Gasteiger partial charge in [-0.3, -0.25) is 4.79 Å². The summed E-state index contributed by atoms with van der Waals surface area (Å²) in [5.41, 5.74) is 4.81. The standard InChI is InChI=1S/C19H20ClN3O3S/c1-13(17-12-15(20)5-6-18(17)24)21-22-19(25)14-3-2-4-16(11-14)23-7-9-27(26)10-8-23/h2-6,11-12,24H,7-10H2,1H3,(H,22,25)/b21-13+. The van der Waals surface area contributed by atoms with E-state index in [1.165, 1.54) is 6.07 Å². The van der Waals surface area contributed by atoms with Crippen molar-refractivity contribution in [3.8, 4) is 5.75 Å². The van der Waals surface area contributed by atoms with Gasteiger partial charge in [0.1, 0.15) is 17.3 Å². The zero-order valence-corrected chi connectivity index (χ0v) is 16.4. The van der Waals surface area contributed by atoms with Crippen LogP contribution in [0.5, 0.6) is 5.75 Å². The Balaban J connectivity index is 1.71. The first-order valence-electron chi connectivity index (χ1n) is 8.47. The Morgan fingerprint density at radius 2 is 2.00 bits per heavy atom. The number of hydrogen-bond acceptors (Lipinski definition) is 5. The van der Waals surface area contributed by atoms with Gasteiger partial charge in [0.25, 0.3) is 5.91 Å². The van der Waals surface area contributed by atoms with Gasteiger partial charge in [0.2, 0.25) is 0 Å². The third-order valence-electron chi connectivity index (χ3n) is 4.32. The quantitative estimate of drug-likeness (QED) is 0.465. The molecule has 0 aliphatic carbocycles. The molecule has 2 aromatic carbocycles. The summed E-state index contributed by atoms with van der Waals surface area (Å²) in [7, 11) is 0. The highest BCUT2D eigenvalue weighted by atomic mass is 35.5. The highest BCUT2D eigenvalue weighted by molar-refractivity contribution is 7.91. The first kappa shape index (κ1) is 19.5. The summed E-state index contributed by atoms with van der Waals surface area (Å²) in [5, 5.41) is 14.4. The summed E-state index contributed by atoms with van der Waals surface area (Å²) < 4.78 is 11.5. The number of phenols is 1. The zero-order valence-electron chi connectivity index (χ0n) is 14.8. The molecule has 0 aromatic heterocycles. The van der Waals surface area contributed by atoms with Crippen molar-refractivity contribution in [2.45, 2.75) is 6.92 Å². The van der Waals surface area contributed by atoms with Crippen molar-refractivity contribution in [2.24, 2.45) is 5.10 Å². The average molecular weight is 406 g/mol. The lowest BCUT2D eigenvalue weighted by Crippen LogP contribution is -2.40. The van der Waals surface area contributed by atoms with Crippen LogP contribution in [0, 0.1) is 0 Å². The molecule has 1 fully saturated rings. The number of benzene rings is 2. The van der Waals surface area contributed by atoms with E-state index < -0.39 is 11.2 Å². The SMILES string of the molecule is C/C(=N\NC(=O)c1cccc(N2CC[S+]([O-])CC2)c1)c1cc(Cl)ccc1O. The van der Waals surface area contributed by atoms with Crippen LogP contribution in [0.4, 0.5) is 5.69 Å². The molecule has 0 saturated carbocycles. The van der Waals surface area contributed by atoms with Crippen LogP contribution < -0.4 is 10.3 Å². The van der Waals surface area contributed by atoms with Crippen molar-refractivity contribution < 1.29 is 14.5 Å². The molecule has 1 amide bonds. The molecule has 0 radical (unpaired) electrons. The molecule has 1 heterocycles. The van der Waals surface area contributed by atoms with Crippen LogP contribution in [-0.4, -0.2) is 45.9 Å². The molecule has 0 spiro atoms. The Kier molecular flexibility index (Phi) is 6.26. The fourth-order valence-electron chi connectivity index (χ4n) is 2.80. The highest BCUT2D eigenvalue weighted by Crippen LogP contribution is 2.22. The lowest BCUT2D eigenvalue weighted by atomic mass is 10.1. The maximum Gasteiger partial charge on any atom is 0.271 e. The Labute approximate surface area is 166 Å². The van der Waals surface area contributed by atoms with Gasteiger partial charge in [-0.15, -0.1) is 0 Å². The van der Waals surface area contributed by atoms with Crippen LogP contribution in [0.1, 0.15) is 22.8 Å². The molecule has 8 heteroatoms. The second-order valence-corrected chi connectivity index (χ2v) is 8.32. The van der Waals surface area contributed by atoms with E-state index in [1.54, 1.807) is 31.2 Å². The fraction of sp³-hybridized carbons (Fsp3) is 0.263.